The van der Waals surface area contributed by atoms with Crippen LogP contribution >= 0.6 is 0 Å². The van der Waals surface area contributed by atoms with Crippen LogP contribution in [0.25, 0.3) is 27.1 Å². The molecule has 0 aromatic heterocycles. The number of fused-ring (bicyclic) bond motifs is 2. The third kappa shape index (κ3) is 5.56. The van der Waals surface area contributed by atoms with Gasteiger partial charge in [-0.3, -0.25) is 4.99 Å². The van der Waals surface area contributed by atoms with Crippen molar-refractivity contribution in [2.24, 2.45) is 4.99 Å². The first-order valence-corrected chi connectivity index (χ1v) is 13.2. The minimum Gasteiger partial charge on any atom is -0.300 e. The number of hydrogen-bond donors (Lipinski definition) is 1. The van der Waals surface area contributed by atoms with E-state index in [0.717, 1.165) is 39.1 Å². The Balaban J connectivity index is 1.75. The van der Waals surface area contributed by atoms with Gasteiger partial charge in [-0.2, -0.15) is 0 Å². The zero-order valence-electron chi connectivity index (χ0n) is 22.6. The van der Waals surface area contributed by atoms with E-state index in [1.54, 1.807) is 0 Å². The van der Waals surface area contributed by atoms with E-state index in [1.807, 2.05) is 44.4 Å². The SMILES string of the molecule is C\C=C/C=C(C(=C\C(=NC)c1ccc2ccccc2c1)/c1ccc2ccccc2c1)\C(C)=C1/C=CC=CC1=N. The van der Waals surface area contributed by atoms with Crippen LogP contribution in [0.5, 0.6) is 0 Å². The fraction of sp³-hybridized carbons (Fsp3) is 0.0811. The third-order valence-corrected chi connectivity index (χ3v) is 7.11. The van der Waals surface area contributed by atoms with Crippen LogP contribution < -0.4 is 0 Å². The number of rotatable bonds is 6. The van der Waals surface area contributed by atoms with Crippen LogP contribution in [0.15, 0.2) is 155 Å². The average Bonchev–Trinajstić information content (AvgIpc) is 2.98. The van der Waals surface area contributed by atoms with Crippen molar-refractivity contribution in [2.45, 2.75) is 13.8 Å². The number of allylic oxidation sites excluding steroid dienone is 12. The number of nitrogens with zero attached hydrogens (tertiary/aromatic N) is 1. The van der Waals surface area contributed by atoms with Gasteiger partial charge in [0, 0.05) is 18.2 Å². The van der Waals surface area contributed by atoms with Gasteiger partial charge in [0.15, 0.2) is 0 Å². The van der Waals surface area contributed by atoms with Gasteiger partial charge in [-0.1, -0.05) is 109 Å². The van der Waals surface area contributed by atoms with E-state index in [0.29, 0.717) is 5.71 Å². The first kappa shape index (κ1) is 25.8. The number of hydrogen-bond acceptors (Lipinski definition) is 2. The molecule has 39 heavy (non-hydrogen) atoms. The maximum atomic E-state index is 8.60. The van der Waals surface area contributed by atoms with E-state index in [4.69, 9.17) is 10.4 Å². The van der Waals surface area contributed by atoms with Crippen LogP contribution in [0.3, 0.4) is 0 Å². The summed E-state index contributed by atoms with van der Waals surface area (Å²) >= 11 is 0. The van der Waals surface area contributed by atoms with Crippen LogP contribution in [0.4, 0.5) is 0 Å². The van der Waals surface area contributed by atoms with Crippen molar-refractivity contribution in [1.29, 1.82) is 5.41 Å². The van der Waals surface area contributed by atoms with Gasteiger partial charge in [0.05, 0.1) is 11.4 Å². The van der Waals surface area contributed by atoms with E-state index in [-0.39, 0.29) is 0 Å². The summed E-state index contributed by atoms with van der Waals surface area (Å²) in [4.78, 5) is 4.75. The maximum absolute atomic E-state index is 8.60. The monoisotopic (exact) mass is 504 g/mol. The van der Waals surface area contributed by atoms with Crippen LogP contribution in [0.2, 0.25) is 0 Å². The number of nitrogens with one attached hydrogen (secondary N) is 1. The lowest BCUT2D eigenvalue weighted by atomic mass is 9.86. The van der Waals surface area contributed by atoms with Crippen LogP contribution in [0, 0.1) is 5.41 Å². The second-order valence-corrected chi connectivity index (χ2v) is 9.57. The molecular weight excluding hydrogens is 472 g/mol. The molecule has 2 nitrogen and oxygen atoms in total. The first-order chi connectivity index (χ1) is 19.1. The second-order valence-electron chi connectivity index (χ2n) is 9.57. The molecule has 0 bridgehead atoms. The van der Waals surface area contributed by atoms with Crippen molar-refractivity contribution < 1.29 is 0 Å². The molecule has 0 spiro atoms. The fourth-order valence-corrected chi connectivity index (χ4v) is 5.00. The molecule has 0 unspecified atom stereocenters. The molecule has 2 heteroatoms. The lowest BCUT2D eigenvalue weighted by molar-refractivity contribution is 1.37. The Hall–Kier alpha value is -4.82. The molecule has 4 aromatic rings. The van der Waals surface area contributed by atoms with Gasteiger partial charge in [-0.05, 0) is 82.0 Å². The van der Waals surface area contributed by atoms with Crippen molar-refractivity contribution in [2.75, 3.05) is 7.05 Å². The predicted octanol–water partition coefficient (Wildman–Crippen LogP) is 9.46. The standard InChI is InChI=1S/C37H32N2/c1-4-5-16-33(26(2)34-17-10-11-18-36(34)38)35(31-21-19-27-12-6-8-14-29(27)23-31)25-37(39-3)32-22-20-28-13-7-9-15-30(28)24-32/h4-25,38H,1-3H3/b5-4-,33-16+,34-26+,35-25-,38-36?,39-37?. The zero-order valence-corrected chi connectivity index (χ0v) is 22.6. The number of aliphatic imine (C=N–C) groups is 1. The summed E-state index contributed by atoms with van der Waals surface area (Å²) < 4.78 is 0. The molecular formula is C37H32N2. The Bertz CT molecular complexity index is 1780. The van der Waals surface area contributed by atoms with E-state index < -0.39 is 0 Å². The molecule has 0 fully saturated rings. The molecule has 0 saturated heterocycles. The molecule has 1 aliphatic carbocycles. The lowest BCUT2D eigenvalue weighted by Crippen LogP contribution is -2.06. The highest BCUT2D eigenvalue weighted by molar-refractivity contribution is 6.16. The fourth-order valence-electron chi connectivity index (χ4n) is 5.00. The largest absolute Gasteiger partial charge is 0.300 e. The Labute approximate surface area is 230 Å². The molecule has 0 aliphatic heterocycles. The number of benzene rings is 4. The average molecular weight is 505 g/mol. The highest BCUT2D eigenvalue weighted by atomic mass is 14.7. The van der Waals surface area contributed by atoms with Crippen molar-refractivity contribution in [3.8, 4) is 0 Å². The van der Waals surface area contributed by atoms with E-state index in [2.05, 4.69) is 110 Å². The zero-order chi connectivity index (χ0) is 27.2. The van der Waals surface area contributed by atoms with Gasteiger partial charge < -0.3 is 5.41 Å². The topological polar surface area (TPSA) is 36.2 Å². The molecule has 0 amide bonds. The third-order valence-electron chi connectivity index (χ3n) is 7.11. The van der Waals surface area contributed by atoms with E-state index >= 15 is 0 Å². The van der Waals surface area contributed by atoms with Gasteiger partial charge in [0.1, 0.15) is 0 Å². The molecule has 1 aliphatic rings. The van der Waals surface area contributed by atoms with Gasteiger partial charge in [0.25, 0.3) is 0 Å². The Morgan fingerprint density at radius 3 is 1.95 bits per heavy atom. The van der Waals surface area contributed by atoms with Gasteiger partial charge in [0.2, 0.25) is 0 Å². The quantitative estimate of drug-likeness (QED) is 0.200. The van der Waals surface area contributed by atoms with E-state index in [1.165, 1.54) is 21.5 Å². The van der Waals surface area contributed by atoms with Crippen molar-refractivity contribution in [3.63, 3.8) is 0 Å². The Morgan fingerprint density at radius 1 is 0.744 bits per heavy atom. The summed E-state index contributed by atoms with van der Waals surface area (Å²) in [5.74, 6) is 0. The van der Waals surface area contributed by atoms with Gasteiger partial charge in [-0.25, -0.2) is 0 Å². The van der Waals surface area contributed by atoms with Crippen molar-refractivity contribution in [1.82, 2.24) is 0 Å². The van der Waals surface area contributed by atoms with Crippen LogP contribution in [-0.4, -0.2) is 18.5 Å². The smallest absolute Gasteiger partial charge is 0.0649 e. The molecule has 0 saturated carbocycles. The molecule has 0 atom stereocenters. The highest BCUT2D eigenvalue weighted by Gasteiger charge is 2.17. The minimum atomic E-state index is 0.512. The minimum absolute atomic E-state index is 0.512. The molecule has 5 rings (SSSR count). The van der Waals surface area contributed by atoms with Crippen LogP contribution in [-0.2, 0) is 0 Å². The molecule has 190 valence electrons. The molecule has 4 aromatic carbocycles. The van der Waals surface area contributed by atoms with E-state index in [9.17, 15) is 0 Å². The lowest BCUT2D eigenvalue weighted by Gasteiger charge is -2.19. The molecule has 1 N–H and O–H groups in total. The normalized spacial score (nSPS) is 16.1. The first-order valence-electron chi connectivity index (χ1n) is 13.2. The summed E-state index contributed by atoms with van der Waals surface area (Å²) in [6, 6.07) is 30.0. The molecule has 0 radical (unpaired) electrons. The van der Waals surface area contributed by atoms with Gasteiger partial charge >= 0.3 is 0 Å². The summed E-state index contributed by atoms with van der Waals surface area (Å²) in [6.45, 7) is 4.13. The van der Waals surface area contributed by atoms with Crippen molar-refractivity contribution in [3.05, 3.63) is 161 Å². The van der Waals surface area contributed by atoms with Crippen molar-refractivity contribution >= 4 is 38.5 Å². The summed E-state index contributed by atoms with van der Waals surface area (Å²) in [5, 5.41) is 13.4. The highest BCUT2D eigenvalue weighted by Crippen LogP contribution is 2.34. The Morgan fingerprint density at radius 2 is 1.33 bits per heavy atom. The predicted molar refractivity (Wildman–Crippen MR) is 170 cm³/mol. The Kier molecular flexibility index (Phi) is 7.75. The summed E-state index contributed by atoms with van der Waals surface area (Å²) in [5.41, 5.74) is 7.68. The van der Waals surface area contributed by atoms with Crippen LogP contribution in [0.1, 0.15) is 25.0 Å². The summed E-state index contributed by atoms with van der Waals surface area (Å²) in [6.07, 6.45) is 16.2. The molecule has 0 heterocycles. The second kappa shape index (κ2) is 11.7. The van der Waals surface area contributed by atoms with Gasteiger partial charge in [-0.15, -0.1) is 0 Å². The maximum Gasteiger partial charge on any atom is 0.0649 e. The summed E-state index contributed by atoms with van der Waals surface area (Å²) in [7, 11) is 1.85.